The van der Waals surface area contributed by atoms with Gasteiger partial charge in [0, 0.05) is 6.92 Å². The molecule has 31 heavy (non-hydrogen) atoms. The number of aliphatic hydroxyl groups excluding tert-OH is 3. The van der Waals surface area contributed by atoms with Crippen LogP contribution in [-0.4, -0.2) is 58.5 Å². The average molecular weight is 433 g/mol. The molecule has 1 fully saturated rings. The molecule has 0 bridgehead atoms. The van der Waals surface area contributed by atoms with Gasteiger partial charge in [-0.3, -0.25) is 4.79 Å². The molecule has 8 heteroatoms. The largest absolute Gasteiger partial charge is 0.463 e. The Hall–Kier alpha value is -2.52. The van der Waals surface area contributed by atoms with Crippen molar-refractivity contribution in [2.24, 2.45) is 0 Å². The lowest BCUT2D eigenvalue weighted by atomic mass is 9.96. The highest BCUT2D eigenvalue weighted by Crippen LogP contribution is 2.31. The van der Waals surface area contributed by atoms with Crippen molar-refractivity contribution in [2.45, 2.75) is 57.3 Å². The van der Waals surface area contributed by atoms with Crippen LogP contribution in [0, 0.1) is 5.82 Å². The number of benzene rings is 2. The van der Waals surface area contributed by atoms with Gasteiger partial charge in [0.15, 0.2) is 0 Å². The van der Waals surface area contributed by atoms with E-state index >= 15 is 0 Å². The minimum atomic E-state index is -1.40. The molecule has 0 aromatic heterocycles. The van der Waals surface area contributed by atoms with Crippen molar-refractivity contribution in [3.05, 3.63) is 53.8 Å². The van der Waals surface area contributed by atoms with E-state index < -0.39 is 43.2 Å². The molecule has 1 aliphatic heterocycles. The standard InChI is InChI=1S/C23H28FNO6/c1-3-5-14-8-9-17(11-18(14)15-6-4-7-16(24)10-15)30-23-20(25-13(2)27)22(29)21(28)19(12-26)31-23/h4,6-11,19-23,26,28-29H,3,5,12H2,1-2H3,(H,25,27)/t19-,20-,21+,22-,23?/m1/s1. The molecule has 0 saturated carbocycles. The van der Waals surface area contributed by atoms with Crippen molar-refractivity contribution in [3.63, 3.8) is 0 Å². The number of hydrogen-bond acceptors (Lipinski definition) is 6. The quantitative estimate of drug-likeness (QED) is 0.530. The number of ether oxygens (including phenoxy) is 2. The Labute approximate surface area is 180 Å². The van der Waals surface area contributed by atoms with Gasteiger partial charge in [-0.25, -0.2) is 4.39 Å². The van der Waals surface area contributed by atoms with E-state index in [1.54, 1.807) is 24.3 Å². The van der Waals surface area contributed by atoms with E-state index in [2.05, 4.69) is 12.2 Å². The normalized spacial score (nSPS) is 25.8. The second kappa shape index (κ2) is 10.2. The molecule has 1 heterocycles. The molecule has 168 valence electrons. The Morgan fingerprint density at radius 3 is 2.61 bits per heavy atom. The lowest BCUT2D eigenvalue weighted by Crippen LogP contribution is -2.65. The summed E-state index contributed by atoms with van der Waals surface area (Å²) in [7, 11) is 0. The summed E-state index contributed by atoms with van der Waals surface area (Å²) in [5, 5.41) is 32.6. The van der Waals surface area contributed by atoms with Gasteiger partial charge in [0.05, 0.1) is 6.61 Å². The van der Waals surface area contributed by atoms with Crippen LogP contribution in [0.2, 0.25) is 0 Å². The molecule has 5 atom stereocenters. The van der Waals surface area contributed by atoms with E-state index in [0.717, 1.165) is 24.0 Å². The minimum absolute atomic E-state index is 0.351. The molecular formula is C23H28FNO6. The Balaban J connectivity index is 1.94. The Morgan fingerprint density at radius 2 is 1.97 bits per heavy atom. The van der Waals surface area contributed by atoms with Gasteiger partial charge >= 0.3 is 0 Å². The first kappa shape index (κ1) is 23.1. The smallest absolute Gasteiger partial charge is 0.223 e. The van der Waals surface area contributed by atoms with Gasteiger partial charge in [0.1, 0.15) is 35.9 Å². The van der Waals surface area contributed by atoms with E-state index in [9.17, 15) is 24.5 Å². The van der Waals surface area contributed by atoms with Crippen molar-refractivity contribution >= 4 is 5.91 Å². The van der Waals surface area contributed by atoms with Crippen molar-refractivity contribution in [1.82, 2.24) is 5.32 Å². The highest BCUT2D eigenvalue weighted by Gasteiger charge is 2.46. The monoisotopic (exact) mass is 433 g/mol. The van der Waals surface area contributed by atoms with Crippen molar-refractivity contribution in [3.8, 4) is 16.9 Å². The Bertz CT molecular complexity index is 907. The van der Waals surface area contributed by atoms with Crippen LogP contribution in [0.5, 0.6) is 5.75 Å². The molecule has 2 aromatic rings. The molecule has 1 aliphatic rings. The van der Waals surface area contributed by atoms with Gasteiger partial charge in [-0.15, -0.1) is 0 Å². The lowest BCUT2D eigenvalue weighted by Gasteiger charge is -2.42. The summed E-state index contributed by atoms with van der Waals surface area (Å²) in [6, 6.07) is 10.6. The van der Waals surface area contributed by atoms with Crippen LogP contribution in [0.1, 0.15) is 25.8 Å². The number of aryl methyl sites for hydroxylation is 1. The maximum Gasteiger partial charge on any atom is 0.223 e. The molecule has 0 radical (unpaired) electrons. The zero-order chi connectivity index (χ0) is 22.5. The van der Waals surface area contributed by atoms with Gasteiger partial charge in [-0.05, 0) is 47.4 Å². The number of amides is 1. The zero-order valence-corrected chi connectivity index (χ0v) is 17.5. The van der Waals surface area contributed by atoms with Crippen molar-refractivity contribution < 1.29 is 34.0 Å². The molecular weight excluding hydrogens is 405 g/mol. The van der Waals surface area contributed by atoms with Crippen LogP contribution in [0.4, 0.5) is 4.39 Å². The van der Waals surface area contributed by atoms with Crippen molar-refractivity contribution in [2.75, 3.05) is 6.61 Å². The van der Waals surface area contributed by atoms with Gasteiger partial charge in [0.25, 0.3) is 0 Å². The van der Waals surface area contributed by atoms with E-state index in [0.29, 0.717) is 11.3 Å². The third-order valence-electron chi connectivity index (χ3n) is 5.24. The number of hydrogen-bond donors (Lipinski definition) is 4. The first-order valence-corrected chi connectivity index (χ1v) is 10.3. The van der Waals surface area contributed by atoms with E-state index in [1.807, 2.05) is 6.07 Å². The third kappa shape index (κ3) is 5.40. The minimum Gasteiger partial charge on any atom is -0.463 e. The van der Waals surface area contributed by atoms with Crippen LogP contribution in [0.25, 0.3) is 11.1 Å². The molecule has 1 amide bonds. The second-order valence-corrected chi connectivity index (χ2v) is 7.63. The fourth-order valence-electron chi connectivity index (χ4n) is 3.75. The summed E-state index contributed by atoms with van der Waals surface area (Å²) >= 11 is 0. The summed E-state index contributed by atoms with van der Waals surface area (Å²) in [4.78, 5) is 11.6. The van der Waals surface area contributed by atoms with Crippen LogP contribution in [0.15, 0.2) is 42.5 Å². The van der Waals surface area contributed by atoms with E-state index in [-0.39, 0.29) is 5.82 Å². The van der Waals surface area contributed by atoms with E-state index in [4.69, 9.17) is 9.47 Å². The first-order chi connectivity index (χ1) is 14.8. The molecule has 3 rings (SSSR count). The van der Waals surface area contributed by atoms with Gasteiger partial charge < -0.3 is 30.1 Å². The number of nitrogens with one attached hydrogen (secondary N) is 1. The summed E-state index contributed by atoms with van der Waals surface area (Å²) in [6.07, 6.45) is -3.33. The summed E-state index contributed by atoms with van der Waals surface area (Å²) in [6.45, 7) is 2.79. The Morgan fingerprint density at radius 1 is 1.19 bits per heavy atom. The van der Waals surface area contributed by atoms with Crippen LogP contribution in [-0.2, 0) is 16.0 Å². The van der Waals surface area contributed by atoms with Gasteiger partial charge in [-0.1, -0.05) is 31.5 Å². The number of rotatable bonds is 7. The molecule has 4 N–H and O–H groups in total. The molecule has 1 unspecified atom stereocenters. The maximum absolute atomic E-state index is 13.8. The fraction of sp³-hybridized carbons (Fsp3) is 0.435. The maximum atomic E-state index is 13.8. The second-order valence-electron chi connectivity index (χ2n) is 7.63. The Kier molecular flexibility index (Phi) is 7.61. The number of aliphatic hydroxyl groups is 3. The molecule has 0 spiro atoms. The van der Waals surface area contributed by atoms with Crippen LogP contribution in [0.3, 0.4) is 0 Å². The first-order valence-electron chi connectivity index (χ1n) is 10.3. The summed E-state index contributed by atoms with van der Waals surface area (Å²) in [5.41, 5.74) is 2.51. The number of carbonyl (C=O) groups excluding carboxylic acids is 1. The zero-order valence-electron chi connectivity index (χ0n) is 17.5. The van der Waals surface area contributed by atoms with Crippen LogP contribution < -0.4 is 10.1 Å². The fourth-order valence-corrected chi connectivity index (χ4v) is 3.75. The topological polar surface area (TPSA) is 108 Å². The van der Waals surface area contributed by atoms with Crippen LogP contribution >= 0.6 is 0 Å². The highest BCUT2D eigenvalue weighted by molar-refractivity contribution is 5.73. The van der Waals surface area contributed by atoms with Gasteiger partial charge in [-0.2, -0.15) is 0 Å². The van der Waals surface area contributed by atoms with Gasteiger partial charge in [0.2, 0.25) is 12.2 Å². The average Bonchev–Trinajstić information content (AvgIpc) is 2.74. The highest BCUT2D eigenvalue weighted by atomic mass is 19.1. The summed E-state index contributed by atoms with van der Waals surface area (Å²) < 4.78 is 25.4. The number of halogens is 1. The molecule has 2 aromatic carbocycles. The third-order valence-corrected chi connectivity index (χ3v) is 5.24. The molecule has 0 aliphatic carbocycles. The van der Waals surface area contributed by atoms with Crippen molar-refractivity contribution in [1.29, 1.82) is 0 Å². The molecule has 1 saturated heterocycles. The summed E-state index contributed by atoms with van der Waals surface area (Å²) in [5.74, 6) is -0.412. The predicted molar refractivity (Wildman–Crippen MR) is 112 cm³/mol. The number of carbonyl (C=O) groups is 1. The SMILES string of the molecule is CCCc1ccc(OC2O[C@H](CO)[C@H](O)[C@H](O)[C@H]2NC(C)=O)cc1-c1cccc(F)c1. The molecule has 7 nitrogen and oxygen atoms in total. The predicted octanol–water partition coefficient (Wildman–Crippen LogP) is 1.77. The van der Waals surface area contributed by atoms with E-state index in [1.165, 1.54) is 19.1 Å². The lowest BCUT2D eigenvalue weighted by molar-refractivity contribution is -0.244.